The minimum absolute atomic E-state index is 0.173. The lowest BCUT2D eigenvalue weighted by molar-refractivity contribution is -0.154. The Labute approximate surface area is 305 Å². The lowest BCUT2D eigenvalue weighted by atomic mass is 10.0. The number of carbonyl (C=O) groups excluding carboxylic acids is 1. The van der Waals surface area contributed by atoms with Crippen LogP contribution in [0.3, 0.4) is 0 Å². The summed E-state index contributed by atoms with van der Waals surface area (Å²) in [6.07, 6.45) is 54.5. The molecule has 0 fully saturated rings. The molecule has 0 rings (SSSR count). The van der Waals surface area contributed by atoms with E-state index in [2.05, 4.69) is 62.5 Å². The van der Waals surface area contributed by atoms with Gasteiger partial charge in [-0.1, -0.05) is 197 Å². The molecule has 0 spiro atoms. The largest absolute Gasteiger partial charge is 0.457 e. The maximum absolute atomic E-state index is 12.2. The zero-order chi connectivity index (χ0) is 35.6. The Morgan fingerprint density at radius 1 is 0.510 bits per heavy atom. The molecule has 0 radical (unpaired) electrons. The Kier molecular flexibility index (Phi) is 41.1. The molecular weight excluding hydrogens is 604 g/mol. The van der Waals surface area contributed by atoms with Gasteiger partial charge in [0.1, 0.15) is 6.10 Å². The van der Waals surface area contributed by atoms with E-state index in [-0.39, 0.29) is 12.6 Å². The summed E-state index contributed by atoms with van der Waals surface area (Å²) >= 11 is 0. The molecule has 0 aromatic heterocycles. The monoisotopic (exact) mass is 687 g/mol. The molecule has 0 amide bonds. The number of ether oxygens (including phenoxy) is 2. The van der Waals surface area contributed by atoms with Crippen molar-refractivity contribution in [2.24, 2.45) is 0 Å². The molecule has 286 valence electrons. The van der Waals surface area contributed by atoms with Gasteiger partial charge < -0.3 is 14.6 Å². The number of unbranched alkanes of at least 4 members (excludes halogenated alkanes) is 23. The molecule has 0 aliphatic heterocycles. The zero-order valence-electron chi connectivity index (χ0n) is 32.7. The highest BCUT2D eigenvalue weighted by molar-refractivity contribution is 5.69. The van der Waals surface area contributed by atoms with E-state index in [9.17, 15) is 9.90 Å². The van der Waals surface area contributed by atoms with Gasteiger partial charge in [0.25, 0.3) is 0 Å². The number of hydrogen-bond acceptors (Lipinski definition) is 4. The molecule has 0 heterocycles. The van der Waals surface area contributed by atoms with Crippen molar-refractivity contribution in [3.05, 3.63) is 48.6 Å². The molecule has 0 aromatic carbocycles. The second kappa shape index (κ2) is 42.5. The van der Waals surface area contributed by atoms with Crippen LogP contribution in [0.2, 0.25) is 0 Å². The molecule has 0 aliphatic carbocycles. The Hall–Kier alpha value is -1.65. The fourth-order valence-corrected chi connectivity index (χ4v) is 6.03. The van der Waals surface area contributed by atoms with Gasteiger partial charge in [-0.25, -0.2) is 0 Å². The van der Waals surface area contributed by atoms with E-state index in [1.165, 1.54) is 141 Å². The predicted octanol–water partition coefficient (Wildman–Crippen LogP) is 13.9. The van der Waals surface area contributed by atoms with E-state index in [0.717, 1.165) is 44.9 Å². The Bertz CT molecular complexity index is 768. The van der Waals surface area contributed by atoms with Crippen molar-refractivity contribution in [1.29, 1.82) is 0 Å². The highest BCUT2D eigenvalue weighted by atomic mass is 16.6. The van der Waals surface area contributed by atoms with Crippen molar-refractivity contribution in [3.8, 4) is 0 Å². The topological polar surface area (TPSA) is 55.8 Å². The normalized spacial score (nSPS) is 12.8. The Morgan fingerprint density at radius 2 is 0.918 bits per heavy atom. The number of allylic oxidation sites excluding steroid dienone is 8. The molecule has 4 heteroatoms. The zero-order valence-corrected chi connectivity index (χ0v) is 32.7. The van der Waals surface area contributed by atoms with Crippen LogP contribution in [0, 0.1) is 0 Å². The second-order valence-electron chi connectivity index (χ2n) is 14.0. The van der Waals surface area contributed by atoms with Crippen molar-refractivity contribution in [2.45, 2.75) is 213 Å². The van der Waals surface area contributed by atoms with Crippen molar-refractivity contribution < 1.29 is 19.4 Å². The summed E-state index contributed by atoms with van der Waals surface area (Å²) in [6, 6.07) is 0. The molecule has 0 saturated carbocycles. The molecule has 0 aromatic rings. The first-order valence-electron chi connectivity index (χ1n) is 21.2. The Balaban J connectivity index is 3.43. The summed E-state index contributed by atoms with van der Waals surface area (Å²) in [5.74, 6) is -0.202. The number of aliphatic hydroxyl groups excluding tert-OH is 1. The van der Waals surface area contributed by atoms with E-state index >= 15 is 0 Å². The first-order chi connectivity index (χ1) is 24.2. The third-order valence-electron chi connectivity index (χ3n) is 9.17. The van der Waals surface area contributed by atoms with Crippen LogP contribution in [-0.2, 0) is 14.3 Å². The first kappa shape index (κ1) is 47.4. The van der Waals surface area contributed by atoms with E-state index in [1.807, 2.05) is 0 Å². The quantitative estimate of drug-likeness (QED) is 0.0397. The Morgan fingerprint density at radius 3 is 1.39 bits per heavy atom. The van der Waals surface area contributed by atoms with Crippen LogP contribution in [-0.4, -0.2) is 37.0 Å². The molecule has 0 bridgehead atoms. The van der Waals surface area contributed by atoms with Crippen LogP contribution >= 0.6 is 0 Å². The first-order valence-corrected chi connectivity index (χ1v) is 21.2. The minimum Gasteiger partial charge on any atom is -0.457 e. The van der Waals surface area contributed by atoms with Gasteiger partial charge in [-0.15, -0.1) is 0 Å². The van der Waals surface area contributed by atoms with E-state index in [0.29, 0.717) is 19.6 Å². The summed E-state index contributed by atoms with van der Waals surface area (Å²) in [6.45, 7) is 5.24. The maximum atomic E-state index is 12.2. The second-order valence-corrected chi connectivity index (χ2v) is 14.0. The van der Waals surface area contributed by atoms with Crippen LogP contribution in [0.25, 0.3) is 0 Å². The van der Waals surface area contributed by atoms with Gasteiger partial charge in [-0.3, -0.25) is 4.79 Å². The van der Waals surface area contributed by atoms with Gasteiger partial charge in [0.15, 0.2) is 0 Å². The van der Waals surface area contributed by atoms with Crippen LogP contribution < -0.4 is 0 Å². The standard InChI is InChI=1S/C45H82O4/c1-3-5-7-9-11-13-15-17-19-20-21-22-23-24-25-27-29-31-33-35-37-39-41-48-43-44(42-46)49-45(47)40-38-36-34-32-30-28-26-18-16-14-12-10-8-6-4-2/h5,7,11,13,17,19,21-22,44,46H,3-4,6,8-10,12,14-16,18,20,23-43H2,1-2H3/b7-5-,13-11-,19-17-,22-21-. The lowest BCUT2D eigenvalue weighted by Crippen LogP contribution is -2.27. The number of carbonyl (C=O) groups is 1. The molecule has 1 N–H and O–H groups in total. The SMILES string of the molecule is CC/C=C\C/C=C\C/C=C\C/C=C\CCCCCCCCCCCOCC(CO)OC(=O)CCCCCCCCCCCCCCCCC. The minimum atomic E-state index is -0.535. The third-order valence-corrected chi connectivity index (χ3v) is 9.17. The van der Waals surface area contributed by atoms with Crippen molar-refractivity contribution >= 4 is 5.97 Å². The number of rotatable bonds is 39. The van der Waals surface area contributed by atoms with Crippen molar-refractivity contribution in [3.63, 3.8) is 0 Å². The van der Waals surface area contributed by atoms with E-state index < -0.39 is 6.10 Å². The lowest BCUT2D eigenvalue weighted by Gasteiger charge is -2.16. The smallest absolute Gasteiger partial charge is 0.306 e. The highest BCUT2D eigenvalue weighted by Gasteiger charge is 2.13. The van der Waals surface area contributed by atoms with Gasteiger partial charge >= 0.3 is 5.97 Å². The molecule has 49 heavy (non-hydrogen) atoms. The molecular formula is C45H82O4. The number of hydrogen-bond donors (Lipinski definition) is 1. The van der Waals surface area contributed by atoms with E-state index in [1.54, 1.807) is 0 Å². The van der Waals surface area contributed by atoms with Crippen LogP contribution in [0.5, 0.6) is 0 Å². The maximum Gasteiger partial charge on any atom is 0.306 e. The summed E-state index contributed by atoms with van der Waals surface area (Å²) in [7, 11) is 0. The highest BCUT2D eigenvalue weighted by Crippen LogP contribution is 2.15. The molecule has 0 aliphatic rings. The predicted molar refractivity (Wildman–Crippen MR) is 214 cm³/mol. The van der Waals surface area contributed by atoms with Crippen molar-refractivity contribution in [1.82, 2.24) is 0 Å². The van der Waals surface area contributed by atoms with Gasteiger partial charge in [0, 0.05) is 13.0 Å². The van der Waals surface area contributed by atoms with Gasteiger partial charge in [0.05, 0.1) is 13.2 Å². The van der Waals surface area contributed by atoms with Crippen LogP contribution in [0.1, 0.15) is 206 Å². The summed E-state index contributed by atoms with van der Waals surface area (Å²) < 4.78 is 11.2. The van der Waals surface area contributed by atoms with Gasteiger partial charge in [-0.2, -0.15) is 0 Å². The van der Waals surface area contributed by atoms with Crippen molar-refractivity contribution in [2.75, 3.05) is 19.8 Å². The van der Waals surface area contributed by atoms with Gasteiger partial charge in [0.2, 0.25) is 0 Å². The molecule has 0 saturated heterocycles. The third kappa shape index (κ3) is 40.7. The summed E-state index contributed by atoms with van der Waals surface area (Å²) in [4.78, 5) is 12.2. The van der Waals surface area contributed by atoms with Gasteiger partial charge in [-0.05, 0) is 51.4 Å². The summed E-state index contributed by atoms with van der Waals surface area (Å²) in [5.41, 5.74) is 0. The molecule has 1 unspecified atom stereocenters. The average Bonchev–Trinajstić information content (AvgIpc) is 3.11. The summed E-state index contributed by atoms with van der Waals surface area (Å²) in [5, 5.41) is 9.60. The fraction of sp³-hybridized carbons (Fsp3) is 0.800. The van der Waals surface area contributed by atoms with E-state index in [4.69, 9.17) is 9.47 Å². The fourth-order valence-electron chi connectivity index (χ4n) is 6.03. The average molecular weight is 687 g/mol. The molecule has 1 atom stereocenters. The number of aliphatic hydroxyl groups is 1. The number of esters is 1. The van der Waals surface area contributed by atoms with Crippen LogP contribution in [0.4, 0.5) is 0 Å². The van der Waals surface area contributed by atoms with Crippen LogP contribution in [0.15, 0.2) is 48.6 Å². The molecule has 4 nitrogen and oxygen atoms in total.